The lowest BCUT2D eigenvalue weighted by molar-refractivity contribution is 0.439. The Hall–Kier alpha value is -3.66. The van der Waals surface area contributed by atoms with Crippen molar-refractivity contribution in [3.05, 3.63) is 76.3 Å². The first kappa shape index (κ1) is 24.5. The maximum absolute atomic E-state index is 14.4. The van der Waals surface area contributed by atoms with Gasteiger partial charge in [0.1, 0.15) is 17.1 Å². The summed E-state index contributed by atoms with van der Waals surface area (Å²) in [6.45, 7) is 7.07. The van der Waals surface area contributed by atoms with Crippen molar-refractivity contribution in [2.24, 2.45) is 0 Å². The van der Waals surface area contributed by atoms with Gasteiger partial charge >= 0.3 is 0 Å². The minimum absolute atomic E-state index is 0.124. The summed E-state index contributed by atoms with van der Waals surface area (Å²) in [5, 5.41) is 0.601. The van der Waals surface area contributed by atoms with E-state index in [-0.39, 0.29) is 34.5 Å². The second-order valence-corrected chi connectivity index (χ2v) is 10.5. The standard InChI is InChI=1S/C25H25F2N3O4S/c1-5-35(32,33)29-17-7-9-22(34-23-8-6-16(26)11-21(23)27)18(12-17)20-13-30(14(2)3)25(31)24-19(20)10-15(4)28-24/h6-14,28-29H,5H2,1-4H3. The van der Waals surface area contributed by atoms with E-state index in [0.717, 1.165) is 11.8 Å². The van der Waals surface area contributed by atoms with Crippen molar-refractivity contribution in [3.63, 3.8) is 0 Å². The third-order valence-electron chi connectivity index (χ3n) is 5.55. The molecule has 2 aromatic carbocycles. The minimum Gasteiger partial charge on any atom is -0.454 e. The molecule has 0 unspecified atom stereocenters. The Kier molecular flexibility index (Phi) is 6.42. The largest absolute Gasteiger partial charge is 0.454 e. The number of ether oxygens (including phenoxy) is 1. The third kappa shape index (κ3) is 4.93. The highest BCUT2D eigenvalue weighted by molar-refractivity contribution is 7.92. The molecule has 7 nitrogen and oxygen atoms in total. The number of nitrogens with one attached hydrogen (secondary N) is 2. The van der Waals surface area contributed by atoms with E-state index in [1.165, 1.54) is 25.1 Å². The number of H-pyrrole nitrogens is 1. The molecule has 0 aliphatic carbocycles. The number of pyridine rings is 1. The van der Waals surface area contributed by atoms with Gasteiger partial charge in [0.2, 0.25) is 10.0 Å². The summed E-state index contributed by atoms with van der Waals surface area (Å²) in [5.41, 5.74) is 2.20. The molecular formula is C25H25F2N3O4S. The van der Waals surface area contributed by atoms with E-state index in [0.29, 0.717) is 28.1 Å². The maximum Gasteiger partial charge on any atom is 0.275 e. The number of hydrogen-bond donors (Lipinski definition) is 2. The van der Waals surface area contributed by atoms with Crippen molar-refractivity contribution >= 4 is 26.6 Å². The zero-order chi connectivity index (χ0) is 25.5. The number of nitrogens with zero attached hydrogens (tertiary/aromatic N) is 1. The monoisotopic (exact) mass is 501 g/mol. The quantitative estimate of drug-likeness (QED) is 0.339. The highest BCUT2D eigenvalue weighted by atomic mass is 32.2. The van der Waals surface area contributed by atoms with Gasteiger partial charge in [0, 0.05) is 46.2 Å². The molecule has 0 amide bonds. The number of halogens is 2. The number of aromatic nitrogens is 2. The summed E-state index contributed by atoms with van der Waals surface area (Å²) in [4.78, 5) is 16.1. The molecule has 2 aromatic heterocycles. The molecule has 2 heterocycles. The molecule has 184 valence electrons. The van der Waals surface area contributed by atoms with Gasteiger partial charge in [0.05, 0.1) is 5.75 Å². The second kappa shape index (κ2) is 9.18. The Labute approximate surface area is 201 Å². The molecule has 0 saturated heterocycles. The van der Waals surface area contributed by atoms with Crippen LogP contribution < -0.4 is 15.0 Å². The molecule has 0 atom stereocenters. The number of aromatic amines is 1. The Bertz CT molecular complexity index is 1590. The van der Waals surface area contributed by atoms with Crippen LogP contribution in [-0.2, 0) is 10.0 Å². The summed E-state index contributed by atoms with van der Waals surface area (Å²) < 4.78 is 62.1. The molecule has 0 aliphatic rings. The molecule has 10 heteroatoms. The van der Waals surface area contributed by atoms with Crippen LogP contribution in [0.25, 0.3) is 22.0 Å². The lowest BCUT2D eigenvalue weighted by Crippen LogP contribution is -2.22. The number of anilines is 1. The Morgan fingerprint density at radius 1 is 1.06 bits per heavy atom. The molecule has 35 heavy (non-hydrogen) atoms. The van der Waals surface area contributed by atoms with Gasteiger partial charge in [0.25, 0.3) is 5.56 Å². The second-order valence-electron chi connectivity index (χ2n) is 8.48. The van der Waals surface area contributed by atoms with E-state index in [2.05, 4.69) is 9.71 Å². The van der Waals surface area contributed by atoms with Crippen LogP contribution in [0.15, 0.2) is 53.5 Å². The average Bonchev–Trinajstić information content (AvgIpc) is 3.18. The highest BCUT2D eigenvalue weighted by Gasteiger charge is 2.20. The van der Waals surface area contributed by atoms with Gasteiger partial charge in [-0.25, -0.2) is 17.2 Å². The number of benzene rings is 2. The first-order valence-electron chi connectivity index (χ1n) is 11.0. The van der Waals surface area contributed by atoms with Crippen LogP contribution in [-0.4, -0.2) is 23.7 Å². The Balaban J connectivity index is 1.99. The normalized spacial score (nSPS) is 11.9. The van der Waals surface area contributed by atoms with Crippen molar-refractivity contribution < 1.29 is 21.9 Å². The van der Waals surface area contributed by atoms with Crippen LogP contribution >= 0.6 is 0 Å². The minimum atomic E-state index is -3.58. The molecule has 0 spiro atoms. The summed E-state index contributed by atoms with van der Waals surface area (Å²) in [6, 6.07) is 9.16. The number of rotatable bonds is 7. The molecule has 0 saturated carbocycles. The van der Waals surface area contributed by atoms with E-state index in [1.54, 1.807) is 16.8 Å². The van der Waals surface area contributed by atoms with E-state index in [4.69, 9.17) is 4.74 Å². The van der Waals surface area contributed by atoms with E-state index >= 15 is 0 Å². The highest BCUT2D eigenvalue weighted by Crippen LogP contribution is 2.39. The molecule has 4 rings (SSSR count). The third-order valence-corrected chi connectivity index (χ3v) is 6.86. The van der Waals surface area contributed by atoms with Crippen LogP contribution in [0.3, 0.4) is 0 Å². The van der Waals surface area contributed by atoms with E-state index < -0.39 is 21.7 Å². The van der Waals surface area contributed by atoms with Crippen molar-refractivity contribution in [1.29, 1.82) is 0 Å². The zero-order valence-electron chi connectivity index (χ0n) is 19.6. The zero-order valence-corrected chi connectivity index (χ0v) is 20.5. The molecule has 2 N–H and O–H groups in total. The van der Waals surface area contributed by atoms with Gasteiger partial charge in [-0.1, -0.05) is 0 Å². The summed E-state index contributed by atoms with van der Waals surface area (Å²) in [7, 11) is -3.58. The number of hydrogen-bond acceptors (Lipinski definition) is 4. The number of sulfonamides is 1. The molecule has 4 aromatic rings. The SMILES string of the molecule is CCS(=O)(=O)Nc1ccc(Oc2ccc(F)cc2F)c(-c2cn(C(C)C)c(=O)c3[nH]c(C)cc23)c1. The van der Waals surface area contributed by atoms with Crippen LogP contribution in [0.2, 0.25) is 0 Å². The average molecular weight is 502 g/mol. The maximum atomic E-state index is 14.4. The van der Waals surface area contributed by atoms with Gasteiger partial charge in [-0.05, 0) is 64.1 Å². The molecule has 0 bridgehead atoms. The Morgan fingerprint density at radius 2 is 1.77 bits per heavy atom. The van der Waals surface area contributed by atoms with Crippen molar-refractivity contribution in [2.45, 2.75) is 33.7 Å². The molecule has 0 radical (unpaired) electrons. The van der Waals surface area contributed by atoms with E-state index in [1.807, 2.05) is 26.8 Å². The summed E-state index contributed by atoms with van der Waals surface area (Å²) in [6.07, 6.45) is 1.67. The van der Waals surface area contributed by atoms with Crippen LogP contribution in [0.1, 0.15) is 32.5 Å². The van der Waals surface area contributed by atoms with Crippen LogP contribution in [0, 0.1) is 18.6 Å². The predicted octanol–water partition coefficient (Wildman–Crippen LogP) is 5.72. The number of fused-ring (bicyclic) bond motifs is 1. The van der Waals surface area contributed by atoms with Crippen LogP contribution in [0.4, 0.5) is 14.5 Å². The lowest BCUT2D eigenvalue weighted by atomic mass is 10.0. The molecule has 0 fully saturated rings. The fourth-order valence-corrected chi connectivity index (χ4v) is 4.42. The number of aryl methyl sites for hydroxylation is 1. The molecular weight excluding hydrogens is 476 g/mol. The lowest BCUT2D eigenvalue weighted by Gasteiger charge is -2.18. The van der Waals surface area contributed by atoms with Crippen molar-refractivity contribution in [3.8, 4) is 22.6 Å². The van der Waals surface area contributed by atoms with Gasteiger partial charge in [0.15, 0.2) is 11.6 Å². The fourth-order valence-electron chi connectivity index (χ4n) is 3.79. The topological polar surface area (TPSA) is 93.2 Å². The summed E-state index contributed by atoms with van der Waals surface area (Å²) >= 11 is 0. The first-order chi connectivity index (χ1) is 16.5. The van der Waals surface area contributed by atoms with Gasteiger partial charge in [-0.3, -0.25) is 9.52 Å². The van der Waals surface area contributed by atoms with Crippen molar-refractivity contribution in [1.82, 2.24) is 9.55 Å². The predicted molar refractivity (Wildman–Crippen MR) is 133 cm³/mol. The van der Waals surface area contributed by atoms with Crippen molar-refractivity contribution in [2.75, 3.05) is 10.5 Å². The molecule has 0 aliphatic heterocycles. The van der Waals surface area contributed by atoms with Gasteiger partial charge < -0.3 is 14.3 Å². The van der Waals surface area contributed by atoms with E-state index in [9.17, 15) is 22.0 Å². The first-order valence-corrected chi connectivity index (χ1v) is 12.7. The van der Waals surface area contributed by atoms with Gasteiger partial charge in [-0.2, -0.15) is 0 Å². The van der Waals surface area contributed by atoms with Crippen LogP contribution in [0.5, 0.6) is 11.5 Å². The Morgan fingerprint density at radius 3 is 2.43 bits per heavy atom. The fraction of sp³-hybridized carbons (Fsp3) is 0.240. The smallest absolute Gasteiger partial charge is 0.275 e. The van der Waals surface area contributed by atoms with Gasteiger partial charge in [-0.15, -0.1) is 0 Å². The summed E-state index contributed by atoms with van der Waals surface area (Å²) in [5.74, 6) is -1.76.